The first-order valence-corrected chi connectivity index (χ1v) is 9.24. The van der Waals surface area contributed by atoms with Crippen molar-refractivity contribution in [3.8, 4) is 0 Å². The van der Waals surface area contributed by atoms with Crippen LogP contribution in [-0.4, -0.2) is 6.54 Å². The molecule has 2 aliphatic rings. The van der Waals surface area contributed by atoms with Gasteiger partial charge in [0, 0.05) is 9.75 Å². The zero-order valence-corrected chi connectivity index (χ0v) is 13.5. The van der Waals surface area contributed by atoms with E-state index in [2.05, 4.69) is 35.7 Å². The molecule has 1 aromatic heterocycles. The summed E-state index contributed by atoms with van der Waals surface area (Å²) in [6, 6.07) is 2.99. The van der Waals surface area contributed by atoms with Crippen LogP contribution in [0.3, 0.4) is 0 Å². The molecule has 1 nitrogen and oxygen atoms in total. The van der Waals surface area contributed by atoms with Gasteiger partial charge in [-0.25, -0.2) is 0 Å². The Kier molecular flexibility index (Phi) is 4.95. The summed E-state index contributed by atoms with van der Waals surface area (Å²) in [5, 5.41) is 3.75. The topological polar surface area (TPSA) is 12.0 Å². The predicted molar refractivity (Wildman–Crippen MR) is 88.5 cm³/mol. The number of nitrogens with one attached hydrogen (secondary N) is 1. The molecule has 1 heterocycles. The Balaban J connectivity index is 1.82. The lowest BCUT2D eigenvalue weighted by Crippen LogP contribution is -2.22. The maximum atomic E-state index is 3.75. The number of aryl methyl sites for hydroxylation is 2. The van der Waals surface area contributed by atoms with Gasteiger partial charge in [0.1, 0.15) is 0 Å². The molecule has 0 fully saturated rings. The van der Waals surface area contributed by atoms with Gasteiger partial charge in [0.05, 0.1) is 6.04 Å². The molecule has 0 saturated heterocycles. The highest BCUT2D eigenvalue weighted by atomic mass is 32.1. The molecule has 2 heteroatoms. The standard InChI is InChI=1S/C18H27NS/c1-2-19-18(14-9-6-4-3-5-7-10-14)17-13-15-11-8-12-16(15)20-17/h9,13,18-19H,2-8,10-12H2,1H3. The average molecular weight is 289 g/mol. The highest BCUT2D eigenvalue weighted by Crippen LogP contribution is 2.37. The van der Waals surface area contributed by atoms with Gasteiger partial charge in [-0.05, 0) is 63.1 Å². The maximum Gasteiger partial charge on any atom is 0.0630 e. The average Bonchev–Trinajstić information content (AvgIpc) is 2.97. The van der Waals surface area contributed by atoms with E-state index in [1.807, 2.05) is 0 Å². The van der Waals surface area contributed by atoms with Crippen molar-refractivity contribution in [3.05, 3.63) is 33.0 Å². The minimum absolute atomic E-state index is 0.494. The monoisotopic (exact) mass is 289 g/mol. The van der Waals surface area contributed by atoms with Crippen LogP contribution >= 0.6 is 11.3 Å². The smallest absolute Gasteiger partial charge is 0.0630 e. The molecule has 0 aliphatic heterocycles. The molecule has 0 radical (unpaired) electrons. The van der Waals surface area contributed by atoms with Crippen LogP contribution in [0.15, 0.2) is 17.7 Å². The maximum absolute atomic E-state index is 3.75. The first-order chi connectivity index (χ1) is 9.88. The Morgan fingerprint density at radius 3 is 2.85 bits per heavy atom. The number of likely N-dealkylation sites (N-methyl/N-ethyl adjacent to an activating group) is 1. The number of fused-ring (bicyclic) bond motifs is 1. The zero-order valence-electron chi connectivity index (χ0n) is 12.7. The van der Waals surface area contributed by atoms with Crippen molar-refractivity contribution in [1.29, 1.82) is 0 Å². The summed E-state index contributed by atoms with van der Waals surface area (Å²) in [6.45, 7) is 3.29. The molecule has 0 spiro atoms. The molecule has 0 aromatic carbocycles. The summed E-state index contributed by atoms with van der Waals surface area (Å²) in [6.07, 6.45) is 14.7. The second-order valence-corrected chi connectivity index (χ2v) is 7.34. The third-order valence-electron chi connectivity index (χ3n) is 4.66. The van der Waals surface area contributed by atoms with Crippen molar-refractivity contribution in [3.63, 3.8) is 0 Å². The lowest BCUT2D eigenvalue weighted by molar-refractivity contribution is 0.558. The second kappa shape index (κ2) is 6.91. The summed E-state index contributed by atoms with van der Waals surface area (Å²) in [7, 11) is 0. The van der Waals surface area contributed by atoms with E-state index in [4.69, 9.17) is 0 Å². The normalized spacial score (nSPS) is 20.9. The van der Waals surface area contributed by atoms with Crippen LogP contribution in [0.1, 0.15) is 73.2 Å². The van der Waals surface area contributed by atoms with Gasteiger partial charge in [0.25, 0.3) is 0 Å². The van der Waals surface area contributed by atoms with Crippen LogP contribution in [0.2, 0.25) is 0 Å². The third kappa shape index (κ3) is 3.17. The van der Waals surface area contributed by atoms with E-state index in [1.54, 1.807) is 20.9 Å². The molecule has 0 amide bonds. The largest absolute Gasteiger partial charge is 0.306 e. The molecule has 1 atom stereocenters. The van der Waals surface area contributed by atoms with E-state index in [-0.39, 0.29) is 0 Å². The summed E-state index contributed by atoms with van der Waals surface area (Å²) in [5.41, 5.74) is 3.30. The van der Waals surface area contributed by atoms with E-state index >= 15 is 0 Å². The number of hydrogen-bond acceptors (Lipinski definition) is 2. The van der Waals surface area contributed by atoms with Crippen LogP contribution < -0.4 is 5.32 Å². The first-order valence-electron chi connectivity index (χ1n) is 8.42. The molecule has 110 valence electrons. The molecule has 2 aliphatic carbocycles. The molecule has 1 aromatic rings. The van der Waals surface area contributed by atoms with Crippen molar-refractivity contribution in [2.75, 3.05) is 6.54 Å². The number of allylic oxidation sites excluding steroid dienone is 1. The van der Waals surface area contributed by atoms with Crippen molar-refractivity contribution < 1.29 is 0 Å². The number of thiophene rings is 1. The van der Waals surface area contributed by atoms with E-state index in [1.165, 1.54) is 57.8 Å². The highest BCUT2D eigenvalue weighted by Gasteiger charge is 2.22. The van der Waals surface area contributed by atoms with Crippen molar-refractivity contribution in [2.45, 2.75) is 70.8 Å². The number of rotatable bonds is 4. The van der Waals surface area contributed by atoms with Crippen molar-refractivity contribution >= 4 is 11.3 Å². The molecule has 0 bridgehead atoms. The Bertz CT molecular complexity index is 450. The fourth-order valence-corrected chi connectivity index (χ4v) is 4.97. The fraction of sp³-hybridized carbons (Fsp3) is 0.667. The summed E-state index contributed by atoms with van der Waals surface area (Å²) >= 11 is 2.07. The van der Waals surface area contributed by atoms with Gasteiger partial charge >= 0.3 is 0 Å². The quantitative estimate of drug-likeness (QED) is 0.754. The highest BCUT2D eigenvalue weighted by molar-refractivity contribution is 7.12. The van der Waals surface area contributed by atoms with Crippen LogP contribution in [0.5, 0.6) is 0 Å². The Hall–Kier alpha value is -0.600. The van der Waals surface area contributed by atoms with Crippen LogP contribution in [0.4, 0.5) is 0 Å². The summed E-state index contributed by atoms with van der Waals surface area (Å²) in [4.78, 5) is 3.23. The Morgan fingerprint density at radius 2 is 2.00 bits per heavy atom. The van der Waals surface area contributed by atoms with Gasteiger partial charge in [-0.1, -0.05) is 31.4 Å². The van der Waals surface area contributed by atoms with Crippen LogP contribution in [-0.2, 0) is 12.8 Å². The lowest BCUT2D eigenvalue weighted by Gasteiger charge is -2.22. The van der Waals surface area contributed by atoms with Gasteiger partial charge in [0.15, 0.2) is 0 Å². The number of hydrogen-bond donors (Lipinski definition) is 1. The van der Waals surface area contributed by atoms with Crippen LogP contribution in [0.25, 0.3) is 0 Å². The predicted octanol–water partition coefficient (Wildman–Crippen LogP) is 5.17. The first kappa shape index (κ1) is 14.3. The molecular weight excluding hydrogens is 262 g/mol. The SMILES string of the molecule is CCNC(C1=CCCCCCC1)c1cc2c(s1)CCC2. The Labute approximate surface area is 127 Å². The Morgan fingerprint density at radius 1 is 1.10 bits per heavy atom. The van der Waals surface area contributed by atoms with Crippen molar-refractivity contribution in [2.24, 2.45) is 0 Å². The van der Waals surface area contributed by atoms with E-state index in [0.29, 0.717) is 6.04 Å². The zero-order chi connectivity index (χ0) is 13.8. The third-order valence-corrected chi connectivity index (χ3v) is 5.96. The molecule has 1 N–H and O–H groups in total. The second-order valence-electron chi connectivity index (χ2n) is 6.17. The van der Waals surface area contributed by atoms with Gasteiger partial charge in [-0.3, -0.25) is 0 Å². The van der Waals surface area contributed by atoms with Gasteiger partial charge in [0.2, 0.25) is 0 Å². The lowest BCUT2D eigenvalue weighted by atomic mass is 9.94. The van der Waals surface area contributed by atoms with E-state index < -0.39 is 0 Å². The van der Waals surface area contributed by atoms with Gasteiger partial charge < -0.3 is 5.32 Å². The van der Waals surface area contributed by atoms with Crippen molar-refractivity contribution in [1.82, 2.24) is 5.32 Å². The van der Waals surface area contributed by atoms with E-state index in [9.17, 15) is 0 Å². The fourth-order valence-electron chi connectivity index (χ4n) is 3.59. The molecule has 20 heavy (non-hydrogen) atoms. The van der Waals surface area contributed by atoms with Crippen LogP contribution in [0, 0.1) is 0 Å². The minimum Gasteiger partial charge on any atom is -0.306 e. The summed E-state index contributed by atoms with van der Waals surface area (Å²) < 4.78 is 0. The molecule has 0 saturated carbocycles. The molecule has 3 rings (SSSR count). The minimum atomic E-state index is 0.494. The molecule has 1 unspecified atom stereocenters. The summed E-state index contributed by atoms with van der Waals surface area (Å²) in [5.74, 6) is 0. The van der Waals surface area contributed by atoms with E-state index in [0.717, 1.165) is 6.54 Å². The van der Waals surface area contributed by atoms with Gasteiger partial charge in [-0.2, -0.15) is 0 Å². The van der Waals surface area contributed by atoms with Gasteiger partial charge in [-0.15, -0.1) is 11.3 Å². The molecular formula is C18H27NS.